The molecule has 268 valence electrons. The Labute approximate surface area is 268 Å². The van der Waals surface area contributed by atoms with Crippen LogP contribution in [0, 0.1) is 0 Å². The van der Waals surface area contributed by atoms with Gasteiger partial charge in [0.1, 0.15) is 24.2 Å². The highest BCUT2D eigenvalue weighted by atomic mass is 32.1. The molecule has 0 aliphatic heterocycles. The summed E-state index contributed by atoms with van der Waals surface area (Å²) in [5, 5.41) is 45.4. The summed E-state index contributed by atoms with van der Waals surface area (Å²) in [6, 6.07) is -6.00. The number of guanidine groups is 1. The van der Waals surface area contributed by atoms with Crippen LogP contribution >= 0.6 is 12.6 Å². The number of hydrogen-bond acceptors (Lipinski definition) is 12. The fourth-order valence-corrected chi connectivity index (χ4v) is 3.12. The van der Waals surface area contributed by atoms with Gasteiger partial charge in [0.15, 0.2) is 5.96 Å². The summed E-state index contributed by atoms with van der Waals surface area (Å²) in [5.74, 6) is -10.9. The number of nitrogens with zero attached hydrogens (tertiary/aromatic N) is 1. The average molecular weight is 708 g/mol. The number of hydrogen-bond donors (Lipinski definition) is 13. The zero-order valence-electron chi connectivity index (χ0n) is 24.3. The molecule has 0 fully saturated rings. The lowest BCUT2D eigenvalue weighted by atomic mass is 10.1. The van der Waals surface area contributed by atoms with Crippen LogP contribution in [-0.4, -0.2) is 136 Å². The Morgan fingerprint density at radius 2 is 1.30 bits per heavy atom. The summed E-state index contributed by atoms with van der Waals surface area (Å²) < 4.78 is 31.7. The maximum atomic E-state index is 12.6. The molecule has 0 rings (SSSR count). The Bertz CT molecular complexity index is 1160. The summed E-state index contributed by atoms with van der Waals surface area (Å²) in [7, 11) is 0. The van der Waals surface area contributed by atoms with E-state index in [1.807, 2.05) is 10.6 Å². The van der Waals surface area contributed by atoms with Gasteiger partial charge in [-0.15, -0.1) is 0 Å². The summed E-state index contributed by atoms with van der Waals surface area (Å²) >= 11 is 3.77. The molecule has 0 saturated carbocycles. The van der Waals surface area contributed by atoms with Gasteiger partial charge in [-0.05, 0) is 12.8 Å². The number of nitrogens with one attached hydrogen (secondary N) is 5. The second kappa shape index (κ2) is 22.6. The maximum absolute atomic E-state index is 12.6. The second-order valence-corrected chi connectivity index (χ2v) is 9.20. The van der Waals surface area contributed by atoms with Crippen molar-refractivity contribution in [2.45, 2.75) is 49.6 Å². The monoisotopic (exact) mass is 707 g/mol. The Kier molecular flexibility index (Phi) is 21.2. The summed E-state index contributed by atoms with van der Waals surface area (Å²) in [6.07, 6.45) is -5.69. The van der Waals surface area contributed by atoms with E-state index in [0.717, 1.165) is 0 Å². The molecule has 21 nitrogen and oxygen atoms in total. The van der Waals surface area contributed by atoms with Crippen molar-refractivity contribution in [3.63, 3.8) is 0 Å². The molecule has 0 radical (unpaired) electrons. The number of carbonyl (C=O) groups excluding carboxylic acids is 5. The Morgan fingerprint density at radius 3 is 1.72 bits per heavy atom. The highest BCUT2D eigenvalue weighted by molar-refractivity contribution is 7.80. The normalized spacial score (nSPS) is 13.1. The van der Waals surface area contributed by atoms with Crippen molar-refractivity contribution in [3.05, 3.63) is 0 Å². The van der Waals surface area contributed by atoms with Crippen LogP contribution in [-0.2, 0) is 38.4 Å². The number of carboxylic acid groups (broad SMARTS) is 3. The number of rotatable bonds is 19. The van der Waals surface area contributed by atoms with Gasteiger partial charge < -0.3 is 64.2 Å². The smallest absolute Gasteiger partial charge is 0.481 e. The molecule has 0 aromatic carbocycles. The number of carbonyl (C=O) groups is 8. The van der Waals surface area contributed by atoms with Gasteiger partial charge in [0.2, 0.25) is 29.5 Å². The number of aliphatic imine (C=N–C) groups is 1. The van der Waals surface area contributed by atoms with Gasteiger partial charge in [0.25, 0.3) is 0 Å². The molecule has 0 saturated heterocycles. The number of alkyl halides is 3. The number of amides is 5. The predicted molar refractivity (Wildman–Crippen MR) is 154 cm³/mol. The number of aliphatic hydroxyl groups excluding tert-OH is 1. The largest absolute Gasteiger partial charge is 0.490 e. The number of thiol groups is 1. The molecule has 47 heavy (non-hydrogen) atoms. The lowest BCUT2D eigenvalue weighted by molar-refractivity contribution is -0.192. The minimum absolute atomic E-state index is 0.0700. The molecule has 0 aliphatic rings. The third kappa shape index (κ3) is 20.7. The van der Waals surface area contributed by atoms with Crippen LogP contribution in [0.1, 0.15) is 19.3 Å². The van der Waals surface area contributed by atoms with Crippen molar-refractivity contribution in [1.82, 2.24) is 26.6 Å². The maximum Gasteiger partial charge on any atom is 0.490 e. The summed E-state index contributed by atoms with van der Waals surface area (Å²) in [4.78, 5) is 96.3. The molecule has 15 N–H and O–H groups in total. The molecule has 0 aromatic heterocycles. The Morgan fingerprint density at radius 1 is 0.787 bits per heavy atom. The number of nitrogens with two attached hydrogens (primary N) is 3. The van der Waals surface area contributed by atoms with Gasteiger partial charge >= 0.3 is 24.1 Å². The highest BCUT2D eigenvalue weighted by Crippen LogP contribution is 2.13. The van der Waals surface area contributed by atoms with Crippen LogP contribution < -0.4 is 43.8 Å². The third-order valence-corrected chi connectivity index (χ3v) is 5.46. The third-order valence-electron chi connectivity index (χ3n) is 5.09. The first-order valence-corrected chi connectivity index (χ1v) is 13.5. The molecule has 25 heteroatoms. The topological polar surface area (TPSA) is 368 Å². The fraction of sp³-hybridized carbons (Fsp3) is 0.591. The fourth-order valence-electron chi connectivity index (χ4n) is 2.87. The Balaban J connectivity index is 0. The number of aliphatic hydroxyl groups is 1. The molecule has 0 bridgehead atoms. The van der Waals surface area contributed by atoms with E-state index in [1.165, 1.54) is 0 Å². The first-order chi connectivity index (χ1) is 21.7. The number of carboxylic acids is 3. The van der Waals surface area contributed by atoms with Gasteiger partial charge in [-0.25, -0.2) is 9.59 Å². The van der Waals surface area contributed by atoms with Gasteiger partial charge in [-0.2, -0.15) is 25.8 Å². The molecule has 0 aromatic rings. The van der Waals surface area contributed by atoms with Crippen molar-refractivity contribution in [2.24, 2.45) is 22.2 Å². The van der Waals surface area contributed by atoms with Crippen molar-refractivity contribution >= 4 is 66.0 Å². The predicted octanol–water partition coefficient (Wildman–Crippen LogP) is -5.83. The van der Waals surface area contributed by atoms with Gasteiger partial charge in [-0.3, -0.25) is 33.8 Å². The van der Waals surface area contributed by atoms with E-state index in [4.69, 9.17) is 37.3 Å². The quantitative estimate of drug-likeness (QED) is 0.0257. The minimum atomic E-state index is -5.08. The van der Waals surface area contributed by atoms with E-state index < -0.39 is 104 Å². The molecule has 5 amide bonds. The zero-order chi connectivity index (χ0) is 36.9. The summed E-state index contributed by atoms with van der Waals surface area (Å²) in [5.41, 5.74) is 15.7. The SMILES string of the molecule is NCC(=O)N[C@@H](CCCN=C(N)N)C(=O)NCC(=O)N[C@@H](CC(=O)O)C(=O)N[C@@H](CO)C(=O)N[C@@H](CS)C(=O)O.O=C(O)C(F)(F)F. The number of halogens is 3. The Hall–Kier alpha value is -4.91. The minimum Gasteiger partial charge on any atom is -0.481 e. The van der Waals surface area contributed by atoms with E-state index in [2.05, 4.69) is 33.6 Å². The van der Waals surface area contributed by atoms with Crippen LogP contribution in [0.2, 0.25) is 0 Å². The van der Waals surface area contributed by atoms with E-state index in [1.54, 1.807) is 0 Å². The van der Waals surface area contributed by atoms with E-state index >= 15 is 0 Å². The molecular formula is C22H36F3N9O12S. The van der Waals surface area contributed by atoms with E-state index in [9.17, 15) is 51.8 Å². The van der Waals surface area contributed by atoms with E-state index in [0.29, 0.717) is 0 Å². The van der Waals surface area contributed by atoms with Gasteiger partial charge in [0.05, 0.1) is 26.1 Å². The molecule has 4 atom stereocenters. The summed E-state index contributed by atoms with van der Waals surface area (Å²) in [6.45, 7) is -1.99. The first kappa shape index (κ1) is 44.2. The standard InChI is InChI=1S/C20H35N9O10S.C2HF3O2/c21-5-13(31)26-9(2-1-3-24-20(22)23)16(35)25-6-14(32)27-10(4-15(33)34)17(36)28-11(7-30)18(37)29-12(8-40)19(38)39;3-2(4,5)1(6)7/h9-12,30,40H,1-8,21H2,(H,25,35)(H,26,31)(H,27,32)(H,28,36)(H,29,37)(H,33,34)(H,38,39)(H4,22,23,24);(H,6,7)/t9-,10-,11-,12-;/m0./s1. The van der Waals surface area contributed by atoms with Crippen LogP contribution in [0.4, 0.5) is 13.2 Å². The van der Waals surface area contributed by atoms with Crippen LogP contribution in [0.3, 0.4) is 0 Å². The molecule has 0 unspecified atom stereocenters. The first-order valence-electron chi connectivity index (χ1n) is 12.9. The molecule has 0 aliphatic carbocycles. The molecule has 0 heterocycles. The van der Waals surface area contributed by atoms with Crippen LogP contribution in [0.25, 0.3) is 0 Å². The average Bonchev–Trinajstić information content (AvgIpc) is 2.97. The zero-order valence-corrected chi connectivity index (χ0v) is 25.2. The number of aliphatic carboxylic acids is 3. The van der Waals surface area contributed by atoms with Crippen molar-refractivity contribution in [1.29, 1.82) is 0 Å². The van der Waals surface area contributed by atoms with Gasteiger partial charge in [0, 0.05) is 12.3 Å². The van der Waals surface area contributed by atoms with Crippen LogP contribution in [0.5, 0.6) is 0 Å². The van der Waals surface area contributed by atoms with Crippen molar-refractivity contribution in [2.75, 3.05) is 32.0 Å². The second-order valence-electron chi connectivity index (χ2n) is 8.84. The highest BCUT2D eigenvalue weighted by Gasteiger charge is 2.38. The van der Waals surface area contributed by atoms with E-state index in [-0.39, 0.29) is 31.1 Å². The lowest BCUT2D eigenvalue weighted by Gasteiger charge is -2.22. The molecular weight excluding hydrogens is 671 g/mol. The van der Waals surface area contributed by atoms with Crippen molar-refractivity contribution in [3.8, 4) is 0 Å². The van der Waals surface area contributed by atoms with Crippen molar-refractivity contribution < 1.29 is 72.0 Å². The van der Waals surface area contributed by atoms with Crippen LogP contribution in [0.15, 0.2) is 4.99 Å². The molecule has 0 spiro atoms. The van der Waals surface area contributed by atoms with Gasteiger partial charge in [-0.1, -0.05) is 0 Å². The lowest BCUT2D eigenvalue weighted by Crippen LogP contribution is -2.58.